The van der Waals surface area contributed by atoms with Gasteiger partial charge in [-0.25, -0.2) is 0 Å². The van der Waals surface area contributed by atoms with E-state index in [2.05, 4.69) is 5.32 Å². The number of benzene rings is 1. The van der Waals surface area contributed by atoms with Crippen LogP contribution in [0.15, 0.2) is 24.3 Å². The van der Waals surface area contributed by atoms with E-state index in [9.17, 15) is 4.79 Å². The van der Waals surface area contributed by atoms with Gasteiger partial charge in [0.05, 0.1) is 0 Å². The molecule has 1 rings (SSSR count). The first kappa shape index (κ1) is 15.3. The molecule has 6 heteroatoms. The predicted molar refractivity (Wildman–Crippen MR) is 58.7 cm³/mol. The van der Waals surface area contributed by atoms with Crippen LogP contribution in [0.5, 0.6) is 5.75 Å². The standard InChI is InChI=1S/C8H9NO3.2ClH/c10-7-3-1-6(2-4-7)9-5-8(11)12;;/h1-4,9-10H,5H2,(H,11,12);2*1H. The van der Waals surface area contributed by atoms with Crippen molar-refractivity contribution in [3.05, 3.63) is 24.3 Å². The highest BCUT2D eigenvalue weighted by molar-refractivity contribution is 5.85. The second-order valence-corrected chi connectivity index (χ2v) is 2.29. The summed E-state index contributed by atoms with van der Waals surface area (Å²) in [6, 6.07) is 6.20. The van der Waals surface area contributed by atoms with Crippen LogP contribution >= 0.6 is 24.8 Å². The van der Waals surface area contributed by atoms with Gasteiger partial charge in [0.25, 0.3) is 0 Å². The molecule has 1 aromatic rings. The van der Waals surface area contributed by atoms with Gasteiger partial charge < -0.3 is 15.5 Å². The third-order valence-electron chi connectivity index (χ3n) is 1.31. The lowest BCUT2D eigenvalue weighted by Crippen LogP contribution is -2.11. The van der Waals surface area contributed by atoms with Crippen molar-refractivity contribution in [1.29, 1.82) is 0 Å². The van der Waals surface area contributed by atoms with E-state index in [1.165, 1.54) is 12.1 Å². The number of anilines is 1. The first-order valence-electron chi connectivity index (χ1n) is 3.43. The van der Waals surface area contributed by atoms with E-state index in [4.69, 9.17) is 10.2 Å². The quantitative estimate of drug-likeness (QED) is 0.703. The zero-order valence-electron chi connectivity index (χ0n) is 7.14. The van der Waals surface area contributed by atoms with E-state index in [1.54, 1.807) is 12.1 Å². The van der Waals surface area contributed by atoms with Crippen molar-refractivity contribution >= 4 is 36.5 Å². The Morgan fingerprint density at radius 2 is 1.71 bits per heavy atom. The van der Waals surface area contributed by atoms with Crippen LogP contribution in [0.1, 0.15) is 0 Å². The van der Waals surface area contributed by atoms with Gasteiger partial charge in [0.1, 0.15) is 12.3 Å². The molecular weight excluding hydrogens is 229 g/mol. The molecular formula is C8H11Cl2NO3. The van der Waals surface area contributed by atoms with Crippen molar-refractivity contribution in [3.8, 4) is 5.75 Å². The Morgan fingerprint density at radius 3 is 2.14 bits per heavy atom. The van der Waals surface area contributed by atoms with Crippen LogP contribution in [0.25, 0.3) is 0 Å². The fourth-order valence-electron chi connectivity index (χ4n) is 0.757. The van der Waals surface area contributed by atoms with Crippen molar-refractivity contribution < 1.29 is 15.0 Å². The molecule has 0 saturated heterocycles. The van der Waals surface area contributed by atoms with Crippen molar-refractivity contribution in [1.82, 2.24) is 0 Å². The Morgan fingerprint density at radius 1 is 1.21 bits per heavy atom. The number of carboxylic acids is 1. The van der Waals surface area contributed by atoms with Gasteiger partial charge in [0, 0.05) is 5.69 Å². The number of halogens is 2. The van der Waals surface area contributed by atoms with Gasteiger partial charge in [0.15, 0.2) is 0 Å². The average Bonchev–Trinajstić information content (AvgIpc) is 2.03. The molecule has 0 fully saturated rings. The van der Waals surface area contributed by atoms with Crippen LogP contribution in [-0.4, -0.2) is 22.7 Å². The molecule has 0 spiro atoms. The molecule has 0 bridgehead atoms. The smallest absolute Gasteiger partial charge is 0.322 e. The summed E-state index contributed by atoms with van der Waals surface area (Å²) in [5.41, 5.74) is 0.676. The molecule has 0 atom stereocenters. The lowest BCUT2D eigenvalue weighted by atomic mass is 10.3. The number of aliphatic carboxylic acids is 1. The molecule has 4 nitrogen and oxygen atoms in total. The Balaban J connectivity index is 0. The Kier molecular flexibility index (Phi) is 7.99. The van der Waals surface area contributed by atoms with E-state index >= 15 is 0 Å². The number of rotatable bonds is 3. The molecule has 0 radical (unpaired) electrons. The minimum atomic E-state index is -0.914. The number of nitrogens with one attached hydrogen (secondary N) is 1. The summed E-state index contributed by atoms with van der Waals surface area (Å²) in [7, 11) is 0. The summed E-state index contributed by atoms with van der Waals surface area (Å²) in [5.74, 6) is -0.751. The summed E-state index contributed by atoms with van der Waals surface area (Å²) in [5, 5.41) is 19.9. The van der Waals surface area contributed by atoms with Crippen LogP contribution in [0.4, 0.5) is 5.69 Å². The van der Waals surface area contributed by atoms with Gasteiger partial charge in [-0.15, -0.1) is 24.8 Å². The molecule has 1 aromatic carbocycles. The highest BCUT2D eigenvalue weighted by Crippen LogP contribution is 2.12. The molecule has 3 N–H and O–H groups in total. The lowest BCUT2D eigenvalue weighted by Gasteiger charge is -2.01. The molecule has 80 valence electrons. The summed E-state index contributed by atoms with van der Waals surface area (Å²) in [4.78, 5) is 10.1. The summed E-state index contributed by atoms with van der Waals surface area (Å²) < 4.78 is 0. The maximum Gasteiger partial charge on any atom is 0.322 e. The Bertz CT molecular complexity index is 276. The molecule has 0 unspecified atom stereocenters. The van der Waals surface area contributed by atoms with Gasteiger partial charge in [-0.2, -0.15) is 0 Å². The van der Waals surface area contributed by atoms with E-state index in [-0.39, 0.29) is 37.1 Å². The highest BCUT2D eigenvalue weighted by Gasteiger charge is 1.95. The first-order valence-corrected chi connectivity index (χ1v) is 3.43. The van der Waals surface area contributed by atoms with Crippen LogP contribution in [0, 0.1) is 0 Å². The topological polar surface area (TPSA) is 69.6 Å². The number of carboxylic acid groups (broad SMARTS) is 1. The summed E-state index contributed by atoms with van der Waals surface area (Å²) >= 11 is 0. The Labute approximate surface area is 93.8 Å². The van der Waals surface area contributed by atoms with E-state index in [0.717, 1.165) is 0 Å². The number of aromatic hydroxyl groups is 1. The highest BCUT2D eigenvalue weighted by atomic mass is 35.5. The van der Waals surface area contributed by atoms with E-state index in [0.29, 0.717) is 5.69 Å². The zero-order chi connectivity index (χ0) is 8.97. The minimum Gasteiger partial charge on any atom is -0.508 e. The molecule has 0 amide bonds. The van der Waals surface area contributed by atoms with E-state index < -0.39 is 5.97 Å². The van der Waals surface area contributed by atoms with E-state index in [1.807, 2.05) is 0 Å². The van der Waals surface area contributed by atoms with Crippen molar-refractivity contribution in [3.63, 3.8) is 0 Å². The second kappa shape index (κ2) is 7.29. The minimum absolute atomic E-state index is 0. The maximum atomic E-state index is 10.1. The van der Waals surface area contributed by atoms with Crippen molar-refractivity contribution in [2.75, 3.05) is 11.9 Å². The van der Waals surface area contributed by atoms with Gasteiger partial charge in [-0.1, -0.05) is 0 Å². The molecule has 0 heterocycles. The van der Waals surface area contributed by atoms with Crippen molar-refractivity contribution in [2.45, 2.75) is 0 Å². The third-order valence-corrected chi connectivity index (χ3v) is 1.31. The van der Waals surface area contributed by atoms with Gasteiger partial charge in [-0.05, 0) is 24.3 Å². The largest absolute Gasteiger partial charge is 0.508 e. The number of phenolic OH excluding ortho intramolecular Hbond substituents is 1. The van der Waals surface area contributed by atoms with Crippen LogP contribution in [0.3, 0.4) is 0 Å². The number of phenols is 1. The van der Waals surface area contributed by atoms with Crippen LogP contribution < -0.4 is 5.32 Å². The number of hydrogen-bond donors (Lipinski definition) is 3. The maximum absolute atomic E-state index is 10.1. The normalized spacial score (nSPS) is 8.00. The van der Waals surface area contributed by atoms with Crippen molar-refractivity contribution in [2.24, 2.45) is 0 Å². The van der Waals surface area contributed by atoms with Crippen LogP contribution in [0.2, 0.25) is 0 Å². The molecule has 0 saturated carbocycles. The van der Waals surface area contributed by atoms with Crippen LogP contribution in [-0.2, 0) is 4.79 Å². The third kappa shape index (κ3) is 5.50. The number of hydrogen-bond acceptors (Lipinski definition) is 3. The lowest BCUT2D eigenvalue weighted by molar-refractivity contribution is -0.134. The monoisotopic (exact) mass is 239 g/mol. The summed E-state index contributed by atoms with van der Waals surface area (Å²) in [6.07, 6.45) is 0. The zero-order valence-corrected chi connectivity index (χ0v) is 8.77. The number of carbonyl (C=O) groups is 1. The fourth-order valence-corrected chi connectivity index (χ4v) is 0.757. The predicted octanol–water partition coefficient (Wildman–Crippen LogP) is 1.73. The SMILES string of the molecule is Cl.Cl.O=C(O)CNc1ccc(O)cc1. The second-order valence-electron chi connectivity index (χ2n) is 2.29. The molecule has 0 aliphatic rings. The fraction of sp³-hybridized carbons (Fsp3) is 0.125. The first-order chi connectivity index (χ1) is 5.68. The molecule has 0 aromatic heterocycles. The molecule has 0 aliphatic heterocycles. The Hall–Kier alpha value is -1.13. The van der Waals surface area contributed by atoms with Gasteiger partial charge >= 0.3 is 5.97 Å². The molecule has 14 heavy (non-hydrogen) atoms. The average molecular weight is 240 g/mol. The van der Waals surface area contributed by atoms with Gasteiger partial charge in [-0.3, -0.25) is 4.79 Å². The molecule has 0 aliphatic carbocycles. The summed E-state index contributed by atoms with van der Waals surface area (Å²) in [6.45, 7) is -0.120. The van der Waals surface area contributed by atoms with Gasteiger partial charge in [0.2, 0.25) is 0 Å².